The van der Waals surface area contributed by atoms with E-state index in [1.54, 1.807) is 7.11 Å². The van der Waals surface area contributed by atoms with Crippen molar-refractivity contribution < 1.29 is 14.3 Å². The summed E-state index contributed by atoms with van der Waals surface area (Å²) in [6, 6.07) is 13.6. The van der Waals surface area contributed by atoms with Gasteiger partial charge in [-0.3, -0.25) is 14.4 Å². The van der Waals surface area contributed by atoms with Gasteiger partial charge in [0.05, 0.1) is 26.9 Å². The number of carbonyl (C=O) groups is 1. The second-order valence-corrected chi connectivity index (χ2v) is 7.35. The van der Waals surface area contributed by atoms with Crippen LogP contribution in [0.3, 0.4) is 0 Å². The zero-order valence-electron chi connectivity index (χ0n) is 17.6. The molecule has 1 amide bonds. The minimum atomic E-state index is -0.209. The Morgan fingerprint density at radius 1 is 1.13 bits per heavy atom. The number of nitrogens with one attached hydrogen (secondary N) is 1. The average Bonchev–Trinajstić information content (AvgIpc) is 3.18. The molecule has 0 spiro atoms. The van der Waals surface area contributed by atoms with E-state index in [4.69, 9.17) is 14.6 Å². The van der Waals surface area contributed by atoms with E-state index in [9.17, 15) is 4.79 Å². The van der Waals surface area contributed by atoms with Crippen LogP contribution in [0.25, 0.3) is 10.9 Å². The molecule has 7 heteroatoms. The fourth-order valence-corrected chi connectivity index (χ4v) is 3.89. The van der Waals surface area contributed by atoms with Crippen LogP contribution < -0.4 is 10.1 Å². The normalized spacial score (nSPS) is 14.7. The molecule has 30 heavy (non-hydrogen) atoms. The lowest BCUT2D eigenvalue weighted by Gasteiger charge is -2.26. The quantitative estimate of drug-likeness (QED) is 0.650. The summed E-state index contributed by atoms with van der Waals surface area (Å²) in [5.41, 5.74) is 3.18. The monoisotopic (exact) mass is 408 g/mol. The van der Waals surface area contributed by atoms with E-state index >= 15 is 0 Å². The molecule has 3 aromatic rings. The maximum atomic E-state index is 13.2. The average molecular weight is 409 g/mol. The van der Waals surface area contributed by atoms with Gasteiger partial charge in [-0.25, -0.2) is 0 Å². The summed E-state index contributed by atoms with van der Waals surface area (Å²) in [7, 11) is 1.64. The third kappa shape index (κ3) is 4.17. The van der Waals surface area contributed by atoms with Gasteiger partial charge in [0.2, 0.25) is 0 Å². The molecule has 0 unspecified atom stereocenters. The Bertz CT molecular complexity index is 1020. The molecule has 4 rings (SSSR count). The van der Waals surface area contributed by atoms with Gasteiger partial charge in [0.1, 0.15) is 11.3 Å². The van der Waals surface area contributed by atoms with E-state index < -0.39 is 0 Å². The molecule has 0 saturated carbocycles. The highest BCUT2D eigenvalue weighted by Crippen LogP contribution is 2.29. The highest BCUT2D eigenvalue weighted by atomic mass is 16.5. The van der Waals surface area contributed by atoms with Crippen LogP contribution in [0.15, 0.2) is 42.5 Å². The molecule has 0 bridgehead atoms. The SMILES string of the molecule is CCc1ccccc1NC(=O)c1nn(CCN2CCOCC2)c2c(OC)cccc12. The van der Waals surface area contributed by atoms with Gasteiger partial charge in [-0.15, -0.1) is 0 Å². The maximum absolute atomic E-state index is 13.2. The fraction of sp³-hybridized carbons (Fsp3) is 0.391. The van der Waals surface area contributed by atoms with Crippen molar-refractivity contribution in [3.63, 3.8) is 0 Å². The van der Waals surface area contributed by atoms with Crippen LogP contribution in [0.4, 0.5) is 5.69 Å². The molecule has 2 aromatic carbocycles. The number of ether oxygens (including phenoxy) is 2. The Morgan fingerprint density at radius 2 is 1.93 bits per heavy atom. The van der Waals surface area contributed by atoms with Crippen LogP contribution >= 0.6 is 0 Å². The first-order valence-electron chi connectivity index (χ1n) is 10.4. The summed E-state index contributed by atoms with van der Waals surface area (Å²) in [6.45, 7) is 6.94. The topological polar surface area (TPSA) is 68.6 Å². The van der Waals surface area contributed by atoms with Gasteiger partial charge in [-0.2, -0.15) is 5.10 Å². The summed E-state index contributed by atoms with van der Waals surface area (Å²) in [6.07, 6.45) is 0.846. The fourth-order valence-electron chi connectivity index (χ4n) is 3.89. The zero-order valence-corrected chi connectivity index (χ0v) is 17.6. The largest absolute Gasteiger partial charge is 0.494 e. The third-order valence-electron chi connectivity index (χ3n) is 5.55. The van der Waals surface area contributed by atoms with Gasteiger partial charge in [0.25, 0.3) is 5.91 Å². The number of para-hydroxylation sites is 2. The molecule has 0 aliphatic carbocycles. The Balaban J connectivity index is 1.65. The summed E-state index contributed by atoms with van der Waals surface area (Å²) >= 11 is 0. The lowest BCUT2D eigenvalue weighted by atomic mass is 10.1. The van der Waals surface area contributed by atoms with Gasteiger partial charge in [-0.05, 0) is 24.1 Å². The number of nitrogens with zero attached hydrogens (tertiary/aromatic N) is 3. The summed E-state index contributed by atoms with van der Waals surface area (Å²) < 4.78 is 12.9. The second kappa shape index (κ2) is 9.28. The van der Waals surface area contributed by atoms with E-state index in [1.807, 2.05) is 47.1 Å². The van der Waals surface area contributed by atoms with Gasteiger partial charge in [-0.1, -0.05) is 37.3 Å². The number of amides is 1. The molecule has 7 nitrogen and oxygen atoms in total. The lowest BCUT2D eigenvalue weighted by molar-refractivity contribution is 0.0361. The van der Waals surface area contributed by atoms with E-state index in [1.165, 1.54) is 0 Å². The summed E-state index contributed by atoms with van der Waals surface area (Å²) in [5, 5.41) is 8.54. The van der Waals surface area contributed by atoms with Crippen LogP contribution in [0.1, 0.15) is 23.0 Å². The smallest absolute Gasteiger partial charge is 0.276 e. The van der Waals surface area contributed by atoms with Crippen LogP contribution in [-0.4, -0.2) is 60.5 Å². The number of hydrogen-bond donors (Lipinski definition) is 1. The lowest BCUT2D eigenvalue weighted by Crippen LogP contribution is -2.38. The predicted octanol–water partition coefficient (Wildman–Crippen LogP) is 3.19. The standard InChI is InChI=1S/C23H28N4O3/c1-3-17-7-4-5-9-19(17)24-23(28)21-18-8-6-10-20(29-2)22(18)27(25-21)12-11-26-13-15-30-16-14-26/h4-10H,3,11-16H2,1-2H3,(H,24,28). The van der Waals surface area contributed by atoms with Crippen molar-refractivity contribution in [2.24, 2.45) is 0 Å². The highest BCUT2D eigenvalue weighted by Gasteiger charge is 2.21. The first-order valence-corrected chi connectivity index (χ1v) is 10.4. The zero-order chi connectivity index (χ0) is 20.9. The van der Waals surface area contributed by atoms with Gasteiger partial charge in [0, 0.05) is 30.7 Å². The maximum Gasteiger partial charge on any atom is 0.276 e. The molecule has 2 heterocycles. The third-order valence-corrected chi connectivity index (χ3v) is 5.55. The van der Waals surface area contributed by atoms with Crippen molar-refractivity contribution in [3.8, 4) is 5.75 Å². The molecule has 1 aliphatic rings. The number of carbonyl (C=O) groups excluding carboxylic acids is 1. The molecular formula is C23H28N4O3. The van der Waals surface area contributed by atoms with Gasteiger partial charge < -0.3 is 14.8 Å². The van der Waals surface area contributed by atoms with E-state index in [2.05, 4.69) is 17.1 Å². The predicted molar refractivity (Wildman–Crippen MR) is 117 cm³/mol. The molecule has 0 atom stereocenters. The van der Waals surface area contributed by atoms with Crippen molar-refractivity contribution in [3.05, 3.63) is 53.7 Å². The molecule has 1 aliphatic heterocycles. The van der Waals surface area contributed by atoms with Crippen molar-refractivity contribution in [1.29, 1.82) is 0 Å². The second-order valence-electron chi connectivity index (χ2n) is 7.35. The number of rotatable bonds is 7. The molecule has 0 radical (unpaired) electrons. The molecule has 1 saturated heterocycles. The first-order chi connectivity index (χ1) is 14.7. The number of hydrogen-bond acceptors (Lipinski definition) is 5. The molecule has 158 valence electrons. The molecule has 1 fully saturated rings. The van der Waals surface area contributed by atoms with E-state index in [0.29, 0.717) is 12.2 Å². The van der Waals surface area contributed by atoms with Crippen LogP contribution in [0.2, 0.25) is 0 Å². The van der Waals surface area contributed by atoms with Crippen molar-refractivity contribution in [2.45, 2.75) is 19.9 Å². The number of benzene rings is 2. The minimum absolute atomic E-state index is 0.209. The van der Waals surface area contributed by atoms with Crippen molar-refractivity contribution >= 4 is 22.5 Å². The van der Waals surface area contributed by atoms with Gasteiger partial charge >= 0.3 is 0 Å². The molecule has 1 aromatic heterocycles. The number of morpholine rings is 1. The Labute approximate surface area is 176 Å². The Morgan fingerprint density at radius 3 is 2.70 bits per heavy atom. The summed E-state index contributed by atoms with van der Waals surface area (Å²) in [4.78, 5) is 15.5. The van der Waals surface area contributed by atoms with Crippen LogP contribution in [0.5, 0.6) is 5.75 Å². The Hall–Kier alpha value is -2.90. The minimum Gasteiger partial charge on any atom is -0.494 e. The Kier molecular flexibility index (Phi) is 6.30. The number of fused-ring (bicyclic) bond motifs is 1. The molecular weight excluding hydrogens is 380 g/mol. The number of methoxy groups -OCH3 is 1. The molecule has 1 N–H and O–H groups in total. The van der Waals surface area contributed by atoms with E-state index in [0.717, 1.165) is 67.2 Å². The number of anilines is 1. The first kappa shape index (κ1) is 20.4. The van der Waals surface area contributed by atoms with Crippen LogP contribution in [-0.2, 0) is 17.7 Å². The summed E-state index contributed by atoms with van der Waals surface area (Å²) in [5.74, 6) is 0.509. The van der Waals surface area contributed by atoms with E-state index in [-0.39, 0.29) is 5.91 Å². The number of aryl methyl sites for hydroxylation is 1. The number of aromatic nitrogens is 2. The van der Waals surface area contributed by atoms with Crippen molar-refractivity contribution in [1.82, 2.24) is 14.7 Å². The van der Waals surface area contributed by atoms with Gasteiger partial charge in [0.15, 0.2) is 5.69 Å². The van der Waals surface area contributed by atoms with Crippen molar-refractivity contribution in [2.75, 3.05) is 45.3 Å². The highest BCUT2D eigenvalue weighted by molar-refractivity contribution is 6.12. The van der Waals surface area contributed by atoms with Crippen LogP contribution in [0, 0.1) is 0 Å².